The summed E-state index contributed by atoms with van der Waals surface area (Å²) in [5.74, 6) is -1.71. The van der Waals surface area contributed by atoms with Crippen molar-refractivity contribution in [2.24, 2.45) is 0 Å². The summed E-state index contributed by atoms with van der Waals surface area (Å²) >= 11 is 0. The molecule has 0 radical (unpaired) electrons. The molecule has 0 saturated heterocycles. The number of carboxylic acids is 1. The van der Waals surface area contributed by atoms with Crippen LogP contribution in [0.4, 0.5) is 0 Å². The lowest BCUT2D eigenvalue weighted by Gasteiger charge is -2.13. The number of nitrogens with zero attached hydrogens (tertiary/aromatic N) is 2. The summed E-state index contributed by atoms with van der Waals surface area (Å²) in [6.45, 7) is 4.88. The van der Waals surface area contributed by atoms with Gasteiger partial charge >= 0.3 is 5.97 Å². The molecule has 0 aliphatic carbocycles. The first-order valence-corrected chi connectivity index (χ1v) is 7.42. The fourth-order valence-corrected chi connectivity index (χ4v) is 2.44. The number of rotatable bonds is 4. The smallest absolute Gasteiger partial charge is 0.310 e. The number of aromatic nitrogens is 2. The SMILES string of the molecule is Cc1nc(CS(C)(=O)=O)nc(C)c1C(C)C(=O)O. The number of hydrogen-bond acceptors (Lipinski definition) is 5. The van der Waals surface area contributed by atoms with E-state index in [1.165, 1.54) is 0 Å². The molecule has 0 aromatic carbocycles. The zero-order chi connectivity index (χ0) is 14.1. The van der Waals surface area contributed by atoms with Crippen LogP contribution < -0.4 is 0 Å². The Morgan fingerprint density at radius 3 is 2.06 bits per heavy atom. The Labute approximate surface area is 106 Å². The van der Waals surface area contributed by atoms with E-state index >= 15 is 0 Å². The van der Waals surface area contributed by atoms with Gasteiger partial charge in [0.2, 0.25) is 0 Å². The number of aryl methyl sites for hydroxylation is 2. The van der Waals surface area contributed by atoms with Gasteiger partial charge in [0.05, 0.1) is 5.92 Å². The lowest BCUT2D eigenvalue weighted by Crippen LogP contribution is -2.15. The van der Waals surface area contributed by atoms with Crippen LogP contribution in [0.3, 0.4) is 0 Å². The molecular formula is C11H16N2O4S. The van der Waals surface area contributed by atoms with Crippen LogP contribution in [0.25, 0.3) is 0 Å². The highest BCUT2D eigenvalue weighted by Gasteiger charge is 2.21. The molecule has 1 N–H and O–H groups in total. The topological polar surface area (TPSA) is 97.2 Å². The molecule has 18 heavy (non-hydrogen) atoms. The molecule has 1 unspecified atom stereocenters. The Morgan fingerprint density at radius 2 is 1.72 bits per heavy atom. The minimum absolute atomic E-state index is 0.203. The van der Waals surface area contributed by atoms with Gasteiger partial charge in [-0.1, -0.05) is 0 Å². The van der Waals surface area contributed by atoms with E-state index in [4.69, 9.17) is 5.11 Å². The Morgan fingerprint density at radius 1 is 1.28 bits per heavy atom. The first-order valence-electron chi connectivity index (χ1n) is 5.36. The van der Waals surface area contributed by atoms with Crippen molar-refractivity contribution in [1.29, 1.82) is 0 Å². The quantitative estimate of drug-likeness (QED) is 0.871. The highest BCUT2D eigenvalue weighted by atomic mass is 32.2. The molecule has 1 aromatic heterocycles. The molecule has 7 heteroatoms. The zero-order valence-corrected chi connectivity index (χ0v) is 11.6. The average molecular weight is 272 g/mol. The lowest BCUT2D eigenvalue weighted by molar-refractivity contribution is -0.138. The lowest BCUT2D eigenvalue weighted by atomic mass is 9.98. The second-order valence-electron chi connectivity index (χ2n) is 4.35. The summed E-state index contributed by atoms with van der Waals surface area (Å²) in [7, 11) is -3.20. The Balaban J connectivity index is 3.25. The van der Waals surface area contributed by atoms with Crippen molar-refractivity contribution in [2.45, 2.75) is 32.4 Å². The summed E-state index contributed by atoms with van der Waals surface area (Å²) < 4.78 is 22.4. The highest BCUT2D eigenvalue weighted by molar-refractivity contribution is 7.89. The minimum Gasteiger partial charge on any atom is -0.481 e. The molecule has 0 bridgehead atoms. The van der Waals surface area contributed by atoms with Crippen LogP contribution in [0.15, 0.2) is 0 Å². The summed E-state index contributed by atoms with van der Waals surface area (Å²) in [4.78, 5) is 19.1. The fourth-order valence-electron chi connectivity index (χ4n) is 1.84. The number of carbonyl (C=O) groups is 1. The molecule has 1 rings (SSSR count). The van der Waals surface area contributed by atoms with Gasteiger partial charge in [-0.2, -0.15) is 0 Å². The van der Waals surface area contributed by atoms with Crippen LogP contribution in [-0.2, 0) is 20.4 Å². The van der Waals surface area contributed by atoms with Crippen molar-refractivity contribution < 1.29 is 18.3 Å². The highest BCUT2D eigenvalue weighted by Crippen LogP contribution is 2.21. The van der Waals surface area contributed by atoms with E-state index < -0.39 is 21.7 Å². The third-order valence-electron chi connectivity index (χ3n) is 2.57. The largest absolute Gasteiger partial charge is 0.481 e. The van der Waals surface area contributed by atoms with Gasteiger partial charge in [-0.3, -0.25) is 4.79 Å². The predicted molar refractivity (Wildman–Crippen MR) is 66.1 cm³/mol. The maximum atomic E-state index is 11.2. The third-order valence-corrected chi connectivity index (χ3v) is 3.35. The molecule has 0 aliphatic rings. The Bertz CT molecular complexity index is 558. The molecule has 1 aromatic rings. The Kier molecular flexibility index (Phi) is 4.05. The van der Waals surface area contributed by atoms with Gasteiger partial charge < -0.3 is 5.11 Å². The van der Waals surface area contributed by atoms with Crippen molar-refractivity contribution in [3.63, 3.8) is 0 Å². The predicted octanol–water partition coefficient (Wildman–Crippen LogP) is 0.826. The maximum Gasteiger partial charge on any atom is 0.310 e. The first-order chi connectivity index (χ1) is 8.11. The first kappa shape index (κ1) is 14.6. The second-order valence-corrected chi connectivity index (χ2v) is 6.49. The minimum atomic E-state index is -3.20. The van der Waals surface area contributed by atoms with Gasteiger partial charge in [-0.25, -0.2) is 18.4 Å². The van der Waals surface area contributed by atoms with E-state index in [1.807, 2.05) is 0 Å². The van der Waals surface area contributed by atoms with Crippen molar-refractivity contribution in [1.82, 2.24) is 9.97 Å². The molecule has 0 spiro atoms. The molecule has 6 nitrogen and oxygen atoms in total. The van der Waals surface area contributed by atoms with Crippen LogP contribution in [0.1, 0.15) is 35.6 Å². The van der Waals surface area contributed by atoms with Crippen molar-refractivity contribution >= 4 is 15.8 Å². The number of carboxylic acid groups (broad SMARTS) is 1. The van der Waals surface area contributed by atoms with Gasteiger partial charge in [0.25, 0.3) is 0 Å². The van der Waals surface area contributed by atoms with Crippen molar-refractivity contribution in [2.75, 3.05) is 6.26 Å². The Hall–Kier alpha value is -1.50. The molecule has 0 amide bonds. The molecule has 1 heterocycles. The number of aliphatic carboxylic acids is 1. The standard InChI is InChI=1S/C11H16N2O4S/c1-6(11(14)15)10-7(2)12-9(13-8(10)3)5-18(4,16)17/h6H,5H2,1-4H3,(H,14,15). The summed E-state index contributed by atoms with van der Waals surface area (Å²) in [6, 6.07) is 0. The monoisotopic (exact) mass is 272 g/mol. The summed E-state index contributed by atoms with van der Waals surface area (Å²) in [6.07, 6.45) is 1.11. The van der Waals surface area contributed by atoms with Crippen LogP contribution in [-0.4, -0.2) is 35.7 Å². The maximum absolute atomic E-state index is 11.2. The molecular weight excluding hydrogens is 256 g/mol. The van der Waals surface area contributed by atoms with Gasteiger partial charge in [-0.15, -0.1) is 0 Å². The van der Waals surface area contributed by atoms with Gasteiger partial charge in [0.1, 0.15) is 11.6 Å². The van der Waals surface area contributed by atoms with Gasteiger partial charge in [-0.05, 0) is 20.8 Å². The fraction of sp³-hybridized carbons (Fsp3) is 0.545. The van der Waals surface area contributed by atoms with E-state index in [-0.39, 0.29) is 11.6 Å². The van der Waals surface area contributed by atoms with Crippen LogP contribution in [0, 0.1) is 13.8 Å². The molecule has 0 fully saturated rings. The van der Waals surface area contributed by atoms with Gasteiger partial charge in [0.15, 0.2) is 9.84 Å². The van der Waals surface area contributed by atoms with E-state index in [2.05, 4.69) is 9.97 Å². The normalized spacial score (nSPS) is 13.3. The molecule has 1 atom stereocenters. The number of sulfone groups is 1. The van der Waals surface area contributed by atoms with Crippen LogP contribution >= 0.6 is 0 Å². The number of hydrogen-bond donors (Lipinski definition) is 1. The van der Waals surface area contributed by atoms with Gasteiger partial charge in [0, 0.05) is 23.2 Å². The second kappa shape index (κ2) is 5.01. The van der Waals surface area contributed by atoms with Crippen LogP contribution in [0.2, 0.25) is 0 Å². The summed E-state index contributed by atoms with van der Waals surface area (Å²) in [5, 5.41) is 8.99. The van der Waals surface area contributed by atoms with E-state index in [0.717, 1.165) is 6.26 Å². The van der Waals surface area contributed by atoms with E-state index in [0.29, 0.717) is 17.0 Å². The third kappa shape index (κ3) is 3.49. The summed E-state index contributed by atoms with van der Waals surface area (Å²) in [5.41, 5.74) is 1.56. The van der Waals surface area contributed by atoms with Crippen molar-refractivity contribution in [3.05, 3.63) is 22.8 Å². The molecule has 100 valence electrons. The van der Waals surface area contributed by atoms with E-state index in [1.54, 1.807) is 20.8 Å². The van der Waals surface area contributed by atoms with Crippen molar-refractivity contribution in [3.8, 4) is 0 Å². The zero-order valence-electron chi connectivity index (χ0n) is 10.8. The van der Waals surface area contributed by atoms with Crippen LogP contribution in [0.5, 0.6) is 0 Å². The van der Waals surface area contributed by atoms with E-state index in [9.17, 15) is 13.2 Å². The molecule has 0 aliphatic heterocycles. The average Bonchev–Trinajstić information content (AvgIpc) is 2.12. The molecule has 0 saturated carbocycles.